The molecule has 1 fully saturated rings. The lowest BCUT2D eigenvalue weighted by Crippen LogP contribution is -2.38. The molecule has 2 heterocycles. The molecule has 4 nitrogen and oxygen atoms in total. The van der Waals surface area contributed by atoms with Gasteiger partial charge in [0, 0.05) is 24.2 Å². The van der Waals surface area contributed by atoms with Gasteiger partial charge in [0.05, 0.1) is 0 Å². The minimum absolute atomic E-state index is 0.265. The van der Waals surface area contributed by atoms with Crippen LogP contribution in [0.15, 0.2) is 54.1 Å². The summed E-state index contributed by atoms with van der Waals surface area (Å²) in [5, 5.41) is 0. The number of halogens is 3. The summed E-state index contributed by atoms with van der Waals surface area (Å²) in [6, 6.07) is 16.1. The highest BCUT2D eigenvalue weighted by molar-refractivity contribution is 6.67. The lowest BCUT2D eigenvalue weighted by atomic mass is 9.86. The highest BCUT2D eigenvalue weighted by Gasteiger charge is 2.29. The zero-order chi connectivity index (χ0) is 19.7. The number of alkyl halides is 3. The molecule has 0 aliphatic carbocycles. The van der Waals surface area contributed by atoms with Crippen LogP contribution in [-0.2, 0) is 4.74 Å². The smallest absolute Gasteiger partial charge is 0.409 e. The van der Waals surface area contributed by atoms with Crippen LogP contribution in [-0.4, -0.2) is 34.5 Å². The first-order valence-corrected chi connectivity index (χ1v) is 10.1. The largest absolute Gasteiger partial charge is 0.456 e. The standard InChI is InChI=1S/C21H18Cl3NO3/c22-21(23,24)13-27-20(26)25-11-9-14(10-12-25)19-15-5-1-3-7-17(15)28-18-8-4-2-6-16(18)19/h1-8H,9-13H2. The number of carbonyl (C=O) groups excluding carboxylic acids is 1. The molecule has 0 aromatic heterocycles. The normalized spacial score (nSPS) is 16.2. The van der Waals surface area contributed by atoms with Gasteiger partial charge in [-0.15, -0.1) is 0 Å². The predicted molar refractivity (Wildman–Crippen MR) is 111 cm³/mol. The summed E-state index contributed by atoms with van der Waals surface area (Å²) in [6.07, 6.45) is 1.05. The van der Waals surface area contributed by atoms with E-state index in [2.05, 4.69) is 12.1 Å². The number of likely N-dealkylation sites (tertiary alicyclic amines) is 1. The maximum Gasteiger partial charge on any atom is 0.409 e. The number of para-hydroxylation sites is 2. The van der Waals surface area contributed by atoms with Gasteiger partial charge in [-0.2, -0.15) is 0 Å². The Morgan fingerprint density at radius 2 is 1.50 bits per heavy atom. The number of piperidine rings is 1. The Labute approximate surface area is 178 Å². The van der Waals surface area contributed by atoms with Crippen molar-refractivity contribution in [1.29, 1.82) is 0 Å². The van der Waals surface area contributed by atoms with Gasteiger partial charge in [-0.3, -0.25) is 0 Å². The molecule has 0 N–H and O–H groups in total. The van der Waals surface area contributed by atoms with Crippen molar-refractivity contribution >= 4 is 46.5 Å². The summed E-state index contributed by atoms with van der Waals surface area (Å²) in [7, 11) is 0. The second-order valence-electron chi connectivity index (χ2n) is 6.73. The number of benzene rings is 2. The third-order valence-electron chi connectivity index (χ3n) is 4.87. The highest BCUT2D eigenvalue weighted by Crippen LogP contribution is 2.46. The van der Waals surface area contributed by atoms with Crippen LogP contribution < -0.4 is 4.74 Å². The minimum atomic E-state index is -1.60. The summed E-state index contributed by atoms with van der Waals surface area (Å²) >= 11 is 17.0. The van der Waals surface area contributed by atoms with Gasteiger partial charge in [-0.1, -0.05) is 76.8 Å². The lowest BCUT2D eigenvalue weighted by molar-refractivity contribution is 0.101. The van der Waals surface area contributed by atoms with Gasteiger partial charge in [0.1, 0.15) is 18.1 Å². The van der Waals surface area contributed by atoms with Crippen molar-refractivity contribution in [3.63, 3.8) is 0 Å². The average molecular weight is 439 g/mol. The molecule has 0 saturated carbocycles. The molecular formula is C21H18Cl3NO3. The van der Waals surface area contributed by atoms with Crippen LogP contribution in [0.4, 0.5) is 4.79 Å². The minimum Gasteiger partial charge on any atom is -0.456 e. The Morgan fingerprint density at radius 1 is 0.964 bits per heavy atom. The summed E-state index contributed by atoms with van der Waals surface area (Å²) in [6.45, 7) is 0.852. The molecule has 146 valence electrons. The maximum absolute atomic E-state index is 12.2. The fraction of sp³-hybridized carbons (Fsp3) is 0.286. The number of rotatable bonds is 1. The Morgan fingerprint density at radius 3 is 2.04 bits per heavy atom. The molecule has 0 bridgehead atoms. The van der Waals surface area contributed by atoms with E-state index >= 15 is 0 Å². The van der Waals surface area contributed by atoms with Crippen LogP contribution >= 0.6 is 34.8 Å². The topological polar surface area (TPSA) is 38.8 Å². The molecule has 0 unspecified atom stereocenters. The van der Waals surface area contributed by atoms with Gasteiger partial charge in [0.2, 0.25) is 3.79 Å². The van der Waals surface area contributed by atoms with Crippen molar-refractivity contribution in [2.24, 2.45) is 0 Å². The number of hydrogen-bond donors (Lipinski definition) is 0. The van der Waals surface area contributed by atoms with Crippen molar-refractivity contribution in [3.8, 4) is 11.5 Å². The van der Waals surface area contributed by atoms with E-state index in [0.29, 0.717) is 13.1 Å². The number of fused-ring (bicyclic) bond motifs is 2. The van der Waals surface area contributed by atoms with Crippen LogP contribution in [0, 0.1) is 0 Å². The van der Waals surface area contributed by atoms with Crippen LogP contribution in [0.25, 0.3) is 5.57 Å². The molecule has 7 heteroatoms. The molecule has 1 amide bonds. The summed E-state index contributed by atoms with van der Waals surface area (Å²) < 4.78 is 9.56. The second kappa shape index (κ2) is 7.86. The number of nitrogens with zero attached hydrogens (tertiary/aromatic N) is 1. The summed E-state index contributed by atoms with van der Waals surface area (Å²) in [5.41, 5.74) is 4.67. The van der Waals surface area contributed by atoms with Gasteiger partial charge >= 0.3 is 6.09 Å². The number of ether oxygens (including phenoxy) is 2. The SMILES string of the molecule is O=C(OCC(Cl)(Cl)Cl)N1CCC(=C2c3ccccc3Oc3ccccc32)CC1. The van der Waals surface area contributed by atoms with Gasteiger partial charge in [-0.05, 0) is 30.5 Å². The van der Waals surface area contributed by atoms with Crippen molar-refractivity contribution < 1.29 is 14.3 Å². The quantitative estimate of drug-likeness (QED) is 0.425. The zero-order valence-electron chi connectivity index (χ0n) is 15.0. The molecule has 2 aliphatic rings. The molecule has 4 rings (SSSR count). The van der Waals surface area contributed by atoms with Gasteiger partial charge in [0.25, 0.3) is 0 Å². The van der Waals surface area contributed by atoms with Gasteiger partial charge in [-0.25, -0.2) is 4.79 Å². The van der Waals surface area contributed by atoms with E-state index in [9.17, 15) is 4.79 Å². The predicted octanol–water partition coefficient (Wildman–Crippen LogP) is 6.20. The Balaban J connectivity index is 1.58. The van der Waals surface area contributed by atoms with Gasteiger partial charge in [0.15, 0.2) is 0 Å². The van der Waals surface area contributed by atoms with E-state index in [1.807, 2.05) is 36.4 Å². The highest BCUT2D eigenvalue weighted by atomic mass is 35.6. The molecule has 0 spiro atoms. The number of amides is 1. The Bertz CT molecular complexity index is 879. The third kappa shape index (κ3) is 4.09. The maximum atomic E-state index is 12.2. The van der Waals surface area contributed by atoms with E-state index in [-0.39, 0.29) is 6.61 Å². The van der Waals surface area contributed by atoms with Crippen LogP contribution in [0.1, 0.15) is 24.0 Å². The average Bonchev–Trinajstić information content (AvgIpc) is 2.70. The van der Waals surface area contributed by atoms with E-state index in [0.717, 1.165) is 35.5 Å². The van der Waals surface area contributed by atoms with Crippen molar-refractivity contribution in [3.05, 3.63) is 65.2 Å². The van der Waals surface area contributed by atoms with E-state index in [1.165, 1.54) is 11.1 Å². The Hall–Kier alpha value is -1.88. The molecular weight excluding hydrogens is 421 g/mol. The van der Waals surface area contributed by atoms with E-state index in [4.69, 9.17) is 44.3 Å². The lowest BCUT2D eigenvalue weighted by Gasteiger charge is -2.31. The van der Waals surface area contributed by atoms with Crippen molar-refractivity contribution in [2.45, 2.75) is 16.6 Å². The first kappa shape index (κ1) is 19.4. The fourth-order valence-electron chi connectivity index (χ4n) is 3.61. The van der Waals surface area contributed by atoms with Crippen molar-refractivity contribution in [2.75, 3.05) is 19.7 Å². The summed E-state index contributed by atoms with van der Waals surface area (Å²) in [4.78, 5) is 13.9. The van der Waals surface area contributed by atoms with E-state index < -0.39 is 9.89 Å². The molecule has 2 aliphatic heterocycles. The zero-order valence-corrected chi connectivity index (χ0v) is 17.2. The van der Waals surface area contributed by atoms with Crippen molar-refractivity contribution in [1.82, 2.24) is 4.90 Å². The molecule has 0 radical (unpaired) electrons. The first-order chi connectivity index (χ1) is 13.4. The summed E-state index contributed by atoms with van der Waals surface area (Å²) in [5.74, 6) is 1.71. The number of carbonyl (C=O) groups is 1. The fourth-order valence-corrected chi connectivity index (χ4v) is 3.78. The van der Waals surface area contributed by atoms with E-state index in [1.54, 1.807) is 4.90 Å². The Kier molecular flexibility index (Phi) is 5.46. The van der Waals surface area contributed by atoms with Crippen LogP contribution in [0.2, 0.25) is 0 Å². The number of hydrogen-bond acceptors (Lipinski definition) is 3. The van der Waals surface area contributed by atoms with Crippen LogP contribution in [0.5, 0.6) is 11.5 Å². The third-order valence-corrected chi connectivity index (χ3v) is 5.20. The molecule has 2 aromatic rings. The van der Waals surface area contributed by atoms with Crippen LogP contribution in [0.3, 0.4) is 0 Å². The second-order valence-corrected chi connectivity index (χ2v) is 9.25. The molecule has 2 aromatic carbocycles. The monoisotopic (exact) mass is 437 g/mol. The first-order valence-electron chi connectivity index (χ1n) is 8.99. The van der Waals surface area contributed by atoms with Gasteiger partial charge < -0.3 is 14.4 Å². The molecule has 1 saturated heterocycles. The molecule has 0 atom stereocenters. The molecule has 28 heavy (non-hydrogen) atoms.